The number of hydrogen-bond acceptors (Lipinski definition) is 5. The molecule has 1 aliphatic carbocycles. The van der Waals surface area contributed by atoms with Gasteiger partial charge in [-0.05, 0) is 50.3 Å². The quantitative estimate of drug-likeness (QED) is 0.603. The van der Waals surface area contributed by atoms with E-state index in [1.165, 1.54) is 41.0 Å². The average molecular weight is 388 g/mol. The molecule has 1 aromatic heterocycles. The number of benzene rings is 1. The molecule has 1 atom stereocenters. The molecule has 1 aromatic carbocycles. The lowest BCUT2D eigenvalue weighted by Crippen LogP contribution is -2.35. The molecule has 0 bridgehead atoms. The Morgan fingerprint density at radius 2 is 1.96 bits per heavy atom. The Labute approximate surface area is 163 Å². The molecule has 3 rings (SSSR count). The smallest absolute Gasteiger partial charge is 0.349 e. The summed E-state index contributed by atoms with van der Waals surface area (Å²) in [6.45, 7) is 1.91. The van der Waals surface area contributed by atoms with Crippen LogP contribution in [0.2, 0.25) is 0 Å². The van der Waals surface area contributed by atoms with Crippen LogP contribution in [0.25, 0.3) is 0 Å². The summed E-state index contributed by atoms with van der Waals surface area (Å²) in [5, 5.41) is 2.79. The third-order valence-corrected chi connectivity index (χ3v) is 5.96. The molecule has 6 heteroatoms. The molecule has 1 N–H and O–H groups in total. The van der Waals surface area contributed by atoms with Gasteiger partial charge in [0.25, 0.3) is 5.91 Å². The predicted molar refractivity (Wildman–Crippen MR) is 105 cm³/mol. The summed E-state index contributed by atoms with van der Waals surface area (Å²) in [6.07, 6.45) is 4.78. The minimum atomic E-state index is -0.853. The van der Waals surface area contributed by atoms with Gasteiger partial charge in [-0.3, -0.25) is 4.79 Å². The lowest BCUT2D eigenvalue weighted by Gasteiger charge is -2.14. The van der Waals surface area contributed by atoms with Crippen LogP contribution in [-0.4, -0.2) is 25.1 Å². The number of carbonyl (C=O) groups is 2. The molecule has 1 aliphatic rings. The van der Waals surface area contributed by atoms with Crippen molar-refractivity contribution in [3.63, 3.8) is 0 Å². The standard InChI is InChI=1S/C21H25NO4S/c1-14(20(23)22-13-16-9-6-7-10-17(16)25-2)26-21(24)19-12-15-8-4-3-5-11-18(15)27-19/h6-7,9-10,12,14H,3-5,8,11,13H2,1-2H3,(H,22,23)/t14-/m0/s1. The topological polar surface area (TPSA) is 64.6 Å². The SMILES string of the molecule is COc1ccccc1CNC(=O)[C@H](C)OC(=O)c1cc2c(s1)CCCCC2. The van der Waals surface area contributed by atoms with Crippen molar-refractivity contribution < 1.29 is 19.1 Å². The lowest BCUT2D eigenvalue weighted by molar-refractivity contribution is -0.129. The average Bonchev–Trinajstić information content (AvgIpc) is 2.97. The summed E-state index contributed by atoms with van der Waals surface area (Å²) in [4.78, 5) is 26.6. The number of amides is 1. The van der Waals surface area contributed by atoms with Crippen molar-refractivity contribution in [3.05, 3.63) is 51.2 Å². The number of ether oxygens (including phenoxy) is 2. The van der Waals surface area contributed by atoms with E-state index in [0.29, 0.717) is 17.2 Å². The fourth-order valence-corrected chi connectivity index (χ4v) is 4.35. The molecule has 0 spiro atoms. The highest BCUT2D eigenvalue weighted by Crippen LogP contribution is 2.29. The molecular formula is C21H25NO4S. The van der Waals surface area contributed by atoms with E-state index in [1.807, 2.05) is 30.3 Å². The molecule has 0 radical (unpaired) electrons. The molecule has 27 heavy (non-hydrogen) atoms. The van der Waals surface area contributed by atoms with E-state index in [2.05, 4.69) is 5.32 Å². The first-order chi connectivity index (χ1) is 13.1. The first kappa shape index (κ1) is 19.4. The fraction of sp³-hybridized carbons (Fsp3) is 0.429. The summed E-state index contributed by atoms with van der Waals surface area (Å²) >= 11 is 1.50. The third kappa shape index (κ3) is 4.89. The Morgan fingerprint density at radius 1 is 1.19 bits per heavy atom. The van der Waals surface area contributed by atoms with E-state index >= 15 is 0 Å². The van der Waals surface area contributed by atoms with Crippen LogP contribution in [-0.2, 0) is 28.9 Å². The summed E-state index contributed by atoms with van der Waals surface area (Å²) in [5.74, 6) is -0.0390. The van der Waals surface area contributed by atoms with Gasteiger partial charge in [-0.2, -0.15) is 0 Å². The summed E-state index contributed by atoms with van der Waals surface area (Å²) in [5.41, 5.74) is 2.13. The molecule has 0 saturated heterocycles. The van der Waals surface area contributed by atoms with Crippen molar-refractivity contribution in [2.24, 2.45) is 0 Å². The Balaban J connectivity index is 1.55. The van der Waals surface area contributed by atoms with Crippen molar-refractivity contribution in [1.82, 2.24) is 5.32 Å². The predicted octanol–water partition coefficient (Wildman–Crippen LogP) is 3.89. The molecule has 1 amide bonds. The highest BCUT2D eigenvalue weighted by molar-refractivity contribution is 7.14. The highest BCUT2D eigenvalue weighted by Gasteiger charge is 2.22. The number of fused-ring (bicyclic) bond motifs is 1. The second-order valence-corrected chi connectivity index (χ2v) is 7.83. The van der Waals surface area contributed by atoms with Gasteiger partial charge in [0, 0.05) is 17.0 Å². The summed E-state index contributed by atoms with van der Waals surface area (Å²) in [7, 11) is 1.59. The minimum Gasteiger partial charge on any atom is -0.496 e. The summed E-state index contributed by atoms with van der Waals surface area (Å²) in [6, 6.07) is 9.42. The van der Waals surface area contributed by atoms with Crippen LogP contribution in [0.15, 0.2) is 30.3 Å². The number of hydrogen-bond donors (Lipinski definition) is 1. The monoisotopic (exact) mass is 387 g/mol. The van der Waals surface area contributed by atoms with Gasteiger partial charge in [-0.1, -0.05) is 24.6 Å². The van der Waals surface area contributed by atoms with Crippen molar-refractivity contribution in [1.29, 1.82) is 0 Å². The van der Waals surface area contributed by atoms with Crippen molar-refractivity contribution >= 4 is 23.2 Å². The van der Waals surface area contributed by atoms with Crippen LogP contribution in [0, 0.1) is 0 Å². The Kier molecular flexibility index (Phi) is 6.50. The van der Waals surface area contributed by atoms with Gasteiger partial charge in [0.2, 0.25) is 0 Å². The highest BCUT2D eigenvalue weighted by atomic mass is 32.1. The number of thiophene rings is 1. The van der Waals surface area contributed by atoms with Crippen molar-refractivity contribution in [3.8, 4) is 5.75 Å². The molecule has 0 fully saturated rings. The number of carbonyl (C=O) groups excluding carboxylic acids is 2. The Bertz CT molecular complexity index is 791. The molecule has 5 nitrogen and oxygen atoms in total. The number of nitrogens with one attached hydrogen (secondary N) is 1. The van der Waals surface area contributed by atoms with E-state index in [1.54, 1.807) is 14.0 Å². The van der Waals surface area contributed by atoms with Crippen molar-refractivity contribution in [2.75, 3.05) is 7.11 Å². The van der Waals surface area contributed by atoms with Crippen LogP contribution in [0.1, 0.15) is 51.9 Å². The Hall–Kier alpha value is -2.34. The number of esters is 1. The molecule has 0 saturated carbocycles. The van der Waals surface area contributed by atoms with Crippen LogP contribution < -0.4 is 10.1 Å². The normalized spacial score (nSPS) is 14.6. The Morgan fingerprint density at radius 3 is 2.78 bits per heavy atom. The lowest BCUT2D eigenvalue weighted by atomic mass is 10.1. The number of methoxy groups -OCH3 is 1. The van der Waals surface area contributed by atoms with Gasteiger partial charge < -0.3 is 14.8 Å². The van der Waals surface area contributed by atoms with Gasteiger partial charge in [0.15, 0.2) is 6.10 Å². The van der Waals surface area contributed by atoms with E-state index in [4.69, 9.17) is 9.47 Å². The fourth-order valence-electron chi connectivity index (χ4n) is 3.22. The van der Waals surface area contributed by atoms with Gasteiger partial charge in [-0.15, -0.1) is 11.3 Å². The minimum absolute atomic E-state index is 0.317. The third-order valence-electron chi connectivity index (χ3n) is 4.75. The largest absolute Gasteiger partial charge is 0.496 e. The molecule has 0 aliphatic heterocycles. The molecular weight excluding hydrogens is 362 g/mol. The first-order valence-electron chi connectivity index (χ1n) is 9.30. The zero-order valence-electron chi connectivity index (χ0n) is 15.7. The number of aryl methyl sites for hydroxylation is 2. The maximum Gasteiger partial charge on any atom is 0.349 e. The maximum absolute atomic E-state index is 12.4. The van der Waals surface area contributed by atoms with Gasteiger partial charge in [0.05, 0.1) is 7.11 Å². The maximum atomic E-state index is 12.4. The van der Waals surface area contributed by atoms with Crippen LogP contribution in [0.3, 0.4) is 0 Å². The number of para-hydroxylation sites is 1. The second-order valence-electron chi connectivity index (χ2n) is 6.70. The second kappa shape index (κ2) is 9.04. The zero-order valence-corrected chi connectivity index (χ0v) is 16.6. The summed E-state index contributed by atoms with van der Waals surface area (Å²) < 4.78 is 10.7. The van der Waals surface area contributed by atoms with Gasteiger partial charge in [-0.25, -0.2) is 4.79 Å². The first-order valence-corrected chi connectivity index (χ1v) is 10.1. The molecule has 0 unspecified atom stereocenters. The number of rotatable bonds is 6. The zero-order chi connectivity index (χ0) is 19.2. The van der Waals surface area contributed by atoms with Gasteiger partial charge in [0.1, 0.15) is 10.6 Å². The van der Waals surface area contributed by atoms with E-state index in [0.717, 1.165) is 18.4 Å². The van der Waals surface area contributed by atoms with Crippen molar-refractivity contribution in [2.45, 2.75) is 51.7 Å². The molecule has 2 aromatic rings. The van der Waals surface area contributed by atoms with Crippen LogP contribution in [0.5, 0.6) is 5.75 Å². The van der Waals surface area contributed by atoms with Crippen LogP contribution >= 0.6 is 11.3 Å². The van der Waals surface area contributed by atoms with Crippen LogP contribution in [0.4, 0.5) is 0 Å². The molecule has 1 heterocycles. The molecule has 144 valence electrons. The van der Waals surface area contributed by atoms with Gasteiger partial charge >= 0.3 is 5.97 Å². The van der Waals surface area contributed by atoms with E-state index in [9.17, 15) is 9.59 Å². The van der Waals surface area contributed by atoms with E-state index < -0.39 is 12.1 Å². The van der Waals surface area contributed by atoms with E-state index in [-0.39, 0.29) is 5.91 Å².